The number of hydrogen-bond donors (Lipinski definition) is 1. The minimum Gasteiger partial charge on any atom is -0.487 e. The summed E-state index contributed by atoms with van der Waals surface area (Å²) in [6.45, 7) is 5.97. The summed E-state index contributed by atoms with van der Waals surface area (Å²) in [5.41, 5.74) is 1.76. The molecule has 6 heteroatoms. The van der Waals surface area contributed by atoms with Crippen LogP contribution in [0.2, 0.25) is 5.02 Å². The number of aryl methyl sites for hydroxylation is 1. The average molecular weight is 439 g/mol. The molecule has 0 saturated carbocycles. The predicted molar refractivity (Wildman–Crippen MR) is 106 cm³/mol. The molecule has 138 valence electrons. The molecule has 1 amide bonds. The maximum absolute atomic E-state index is 12.4. The SMILES string of the molecule is Cc1ccc2c(c1)OC(C)(C)C[C@H]2NC(=O)COc1ccc(Br)cc1Cl. The molecule has 0 saturated heterocycles. The van der Waals surface area contributed by atoms with Crippen molar-refractivity contribution in [2.45, 2.75) is 38.8 Å². The Bertz CT molecular complexity index is 838. The van der Waals surface area contributed by atoms with Gasteiger partial charge >= 0.3 is 0 Å². The first-order valence-electron chi connectivity index (χ1n) is 8.40. The fraction of sp³-hybridized carbons (Fsp3) is 0.350. The van der Waals surface area contributed by atoms with Crippen LogP contribution in [0.5, 0.6) is 11.5 Å². The van der Waals surface area contributed by atoms with E-state index in [1.807, 2.05) is 45.0 Å². The molecule has 0 aromatic heterocycles. The summed E-state index contributed by atoms with van der Waals surface area (Å²) in [5.74, 6) is 1.11. The van der Waals surface area contributed by atoms with Crippen LogP contribution < -0.4 is 14.8 Å². The van der Waals surface area contributed by atoms with E-state index in [1.54, 1.807) is 12.1 Å². The summed E-state index contributed by atoms with van der Waals surface area (Å²) in [5, 5.41) is 3.51. The second-order valence-corrected chi connectivity index (χ2v) is 8.41. The monoisotopic (exact) mass is 437 g/mol. The molecule has 0 unspecified atom stereocenters. The van der Waals surface area contributed by atoms with Gasteiger partial charge in [0.15, 0.2) is 6.61 Å². The molecule has 0 spiro atoms. The molecule has 0 bridgehead atoms. The van der Waals surface area contributed by atoms with Crippen molar-refractivity contribution >= 4 is 33.4 Å². The molecule has 2 aromatic carbocycles. The molecule has 0 fully saturated rings. The summed E-state index contributed by atoms with van der Waals surface area (Å²) in [6, 6.07) is 11.2. The molecule has 0 radical (unpaired) electrons. The Morgan fingerprint density at radius 2 is 2.12 bits per heavy atom. The van der Waals surface area contributed by atoms with Crippen LogP contribution in [0.3, 0.4) is 0 Å². The molecule has 1 atom stereocenters. The van der Waals surface area contributed by atoms with Crippen LogP contribution >= 0.6 is 27.5 Å². The quantitative estimate of drug-likeness (QED) is 0.713. The molecule has 0 aliphatic carbocycles. The third-order valence-electron chi connectivity index (χ3n) is 4.21. The smallest absolute Gasteiger partial charge is 0.258 e. The van der Waals surface area contributed by atoms with Crippen molar-refractivity contribution in [2.24, 2.45) is 0 Å². The number of hydrogen-bond acceptors (Lipinski definition) is 3. The third-order valence-corrected chi connectivity index (χ3v) is 5.00. The number of carbonyl (C=O) groups is 1. The molecule has 1 heterocycles. The number of halogens is 2. The first kappa shape index (κ1) is 19.1. The van der Waals surface area contributed by atoms with Gasteiger partial charge in [0, 0.05) is 16.5 Å². The van der Waals surface area contributed by atoms with Crippen molar-refractivity contribution in [3.8, 4) is 11.5 Å². The molecule has 3 rings (SSSR count). The second kappa shape index (κ2) is 7.49. The molecule has 2 aromatic rings. The zero-order valence-corrected chi connectivity index (χ0v) is 17.3. The van der Waals surface area contributed by atoms with Gasteiger partial charge in [0.2, 0.25) is 0 Å². The van der Waals surface area contributed by atoms with Crippen LogP contribution in [-0.2, 0) is 4.79 Å². The molecule has 1 N–H and O–H groups in total. The van der Waals surface area contributed by atoms with Crippen LogP contribution in [0.15, 0.2) is 40.9 Å². The zero-order valence-electron chi connectivity index (χ0n) is 14.9. The van der Waals surface area contributed by atoms with Gasteiger partial charge in [0.05, 0.1) is 11.1 Å². The highest BCUT2D eigenvalue weighted by Gasteiger charge is 2.34. The highest BCUT2D eigenvalue weighted by Crippen LogP contribution is 2.39. The Balaban J connectivity index is 1.69. The van der Waals surface area contributed by atoms with Crippen LogP contribution in [0.1, 0.15) is 37.4 Å². The maximum atomic E-state index is 12.4. The summed E-state index contributed by atoms with van der Waals surface area (Å²) in [6.07, 6.45) is 0.688. The Morgan fingerprint density at radius 1 is 1.35 bits per heavy atom. The van der Waals surface area contributed by atoms with E-state index in [2.05, 4.69) is 21.2 Å². The average Bonchev–Trinajstić information content (AvgIpc) is 2.52. The zero-order chi connectivity index (χ0) is 18.9. The molecular formula is C20H21BrClNO3. The van der Waals surface area contributed by atoms with Crippen molar-refractivity contribution in [3.63, 3.8) is 0 Å². The largest absolute Gasteiger partial charge is 0.487 e. The lowest BCUT2D eigenvalue weighted by molar-refractivity contribution is -0.124. The minimum atomic E-state index is -0.353. The van der Waals surface area contributed by atoms with Crippen molar-refractivity contribution in [1.82, 2.24) is 5.32 Å². The lowest BCUT2D eigenvalue weighted by Gasteiger charge is -2.38. The number of nitrogens with one attached hydrogen (secondary N) is 1. The summed E-state index contributed by atoms with van der Waals surface area (Å²) < 4.78 is 12.5. The Hall–Kier alpha value is -1.72. The Kier molecular flexibility index (Phi) is 5.49. The van der Waals surface area contributed by atoms with Gasteiger partial charge in [0.25, 0.3) is 5.91 Å². The molecule has 26 heavy (non-hydrogen) atoms. The predicted octanol–water partition coefficient (Wildman–Crippen LogP) is 5.21. The number of amides is 1. The van der Waals surface area contributed by atoms with E-state index >= 15 is 0 Å². The lowest BCUT2D eigenvalue weighted by atomic mass is 9.89. The molecule has 1 aliphatic rings. The summed E-state index contributed by atoms with van der Waals surface area (Å²) >= 11 is 9.46. The van der Waals surface area contributed by atoms with E-state index in [0.29, 0.717) is 17.2 Å². The van der Waals surface area contributed by atoms with Gasteiger partial charge in [-0.3, -0.25) is 4.79 Å². The number of ether oxygens (including phenoxy) is 2. The van der Waals surface area contributed by atoms with E-state index in [9.17, 15) is 4.79 Å². The third kappa shape index (κ3) is 4.51. The lowest BCUT2D eigenvalue weighted by Crippen LogP contribution is -2.42. The van der Waals surface area contributed by atoms with Gasteiger partial charge < -0.3 is 14.8 Å². The van der Waals surface area contributed by atoms with Gasteiger partial charge in [0.1, 0.15) is 17.1 Å². The molecule has 4 nitrogen and oxygen atoms in total. The van der Waals surface area contributed by atoms with Crippen LogP contribution in [0, 0.1) is 6.92 Å². The van der Waals surface area contributed by atoms with Gasteiger partial charge in [-0.1, -0.05) is 39.7 Å². The highest BCUT2D eigenvalue weighted by atomic mass is 79.9. The summed E-state index contributed by atoms with van der Waals surface area (Å²) in [4.78, 5) is 12.4. The van der Waals surface area contributed by atoms with E-state index in [-0.39, 0.29) is 24.2 Å². The fourth-order valence-corrected chi connectivity index (χ4v) is 3.79. The van der Waals surface area contributed by atoms with E-state index in [4.69, 9.17) is 21.1 Å². The van der Waals surface area contributed by atoms with Gasteiger partial charge in [-0.15, -0.1) is 0 Å². The highest BCUT2D eigenvalue weighted by molar-refractivity contribution is 9.10. The van der Waals surface area contributed by atoms with E-state index < -0.39 is 0 Å². The summed E-state index contributed by atoms with van der Waals surface area (Å²) in [7, 11) is 0. The second-order valence-electron chi connectivity index (χ2n) is 7.09. The minimum absolute atomic E-state index is 0.0969. The fourth-order valence-electron chi connectivity index (χ4n) is 3.06. The van der Waals surface area contributed by atoms with Crippen molar-refractivity contribution < 1.29 is 14.3 Å². The molecular weight excluding hydrogens is 418 g/mol. The van der Waals surface area contributed by atoms with Crippen molar-refractivity contribution in [3.05, 3.63) is 57.0 Å². The topological polar surface area (TPSA) is 47.6 Å². The number of rotatable bonds is 4. The first-order valence-corrected chi connectivity index (χ1v) is 9.57. The Morgan fingerprint density at radius 3 is 2.85 bits per heavy atom. The van der Waals surface area contributed by atoms with E-state index in [0.717, 1.165) is 21.3 Å². The number of benzene rings is 2. The standard InChI is InChI=1S/C20H21BrClNO3/c1-12-4-6-14-16(10-20(2,3)26-18(14)8-12)23-19(24)11-25-17-7-5-13(21)9-15(17)22/h4-9,16H,10-11H2,1-3H3,(H,23,24)/t16-/m1/s1. The van der Waals surface area contributed by atoms with E-state index in [1.165, 1.54) is 0 Å². The van der Waals surface area contributed by atoms with Crippen LogP contribution in [0.25, 0.3) is 0 Å². The molecule has 1 aliphatic heterocycles. The Labute approximate surface area is 167 Å². The van der Waals surface area contributed by atoms with Crippen LogP contribution in [-0.4, -0.2) is 18.1 Å². The number of fused-ring (bicyclic) bond motifs is 1. The normalized spacial score (nSPS) is 17.8. The van der Waals surface area contributed by atoms with Gasteiger partial charge in [-0.25, -0.2) is 0 Å². The van der Waals surface area contributed by atoms with Crippen LogP contribution in [0.4, 0.5) is 0 Å². The van der Waals surface area contributed by atoms with Crippen molar-refractivity contribution in [2.75, 3.05) is 6.61 Å². The first-order chi connectivity index (χ1) is 12.2. The number of carbonyl (C=O) groups excluding carboxylic acids is 1. The van der Waals surface area contributed by atoms with Gasteiger partial charge in [-0.2, -0.15) is 0 Å². The maximum Gasteiger partial charge on any atom is 0.258 e. The van der Waals surface area contributed by atoms with Gasteiger partial charge in [-0.05, 0) is 50.6 Å². The van der Waals surface area contributed by atoms with Crippen molar-refractivity contribution in [1.29, 1.82) is 0 Å².